The molecule has 0 aliphatic carbocycles. The van der Waals surface area contributed by atoms with E-state index in [2.05, 4.69) is 157 Å². The third kappa shape index (κ3) is 7.11. The monoisotopic (exact) mass is 530 g/mol. The van der Waals surface area contributed by atoms with Crippen LogP contribution in [-0.2, 0) is 17.8 Å². The zero-order valence-electron chi connectivity index (χ0n) is 22.5. The molecule has 0 amide bonds. The summed E-state index contributed by atoms with van der Waals surface area (Å²) in [5, 5.41) is 4.21. The van der Waals surface area contributed by atoms with E-state index in [0.29, 0.717) is 6.61 Å². The van der Waals surface area contributed by atoms with E-state index in [-0.39, 0.29) is 0 Å². The molecular weight excluding hydrogens is 493 g/mol. The molecule has 0 fully saturated rings. The zero-order chi connectivity index (χ0) is 26.6. The first kappa shape index (κ1) is 27.0. The summed E-state index contributed by atoms with van der Waals surface area (Å²) in [6.45, 7) is 4.13. The number of ether oxygens (including phenoxy) is 1. The van der Waals surface area contributed by atoms with Gasteiger partial charge in [-0.2, -0.15) is 0 Å². The molecule has 0 radical (unpaired) electrons. The van der Waals surface area contributed by atoms with E-state index in [1.54, 1.807) is 0 Å². The lowest BCUT2D eigenvalue weighted by Crippen LogP contribution is -2.35. The van der Waals surface area contributed by atoms with Gasteiger partial charge in [-0.15, -0.1) is 0 Å². The van der Waals surface area contributed by atoms with Crippen molar-refractivity contribution in [3.8, 4) is 0 Å². The highest BCUT2D eigenvalue weighted by atomic mass is 31.2. The van der Waals surface area contributed by atoms with Gasteiger partial charge in [0.25, 0.3) is 0 Å². The van der Waals surface area contributed by atoms with Crippen LogP contribution >= 0.6 is 7.26 Å². The third-order valence-corrected chi connectivity index (χ3v) is 11.6. The molecule has 0 atom stereocenters. The quantitative estimate of drug-likeness (QED) is 0.124. The van der Waals surface area contributed by atoms with Crippen LogP contribution in [-0.4, -0.2) is 30.8 Å². The fourth-order valence-electron chi connectivity index (χ4n) is 5.28. The highest BCUT2D eigenvalue weighted by Crippen LogP contribution is 2.54. The summed E-state index contributed by atoms with van der Waals surface area (Å²) >= 11 is 0. The minimum Gasteiger partial charge on any atom is -0.376 e. The highest BCUT2D eigenvalue weighted by molar-refractivity contribution is 7.95. The van der Waals surface area contributed by atoms with E-state index in [1.165, 1.54) is 27.0 Å². The van der Waals surface area contributed by atoms with E-state index in [4.69, 9.17) is 4.74 Å². The van der Waals surface area contributed by atoms with Gasteiger partial charge in [0.05, 0.1) is 19.4 Å². The van der Waals surface area contributed by atoms with Crippen molar-refractivity contribution in [2.75, 3.05) is 25.9 Å². The van der Waals surface area contributed by atoms with Gasteiger partial charge in [0.2, 0.25) is 0 Å². The van der Waals surface area contributed by atoms with Crippen molar-refractivity contribution in [1.82, 2.24) is 4.90 Å². The van der Waals surface area contributed by atoms with Gasteiger partial charge in [0.15, 0.2) is 0 Å². The molecular formula is C36H37NOP+. The van der Waals surface area contributed by atoms with Crippen molar-refractivity contribution < 1.29 is 4.74 Å². The first-order chi connectivity index (χ1) is 19.3. The standard InChI is InChI=1S/C36H37NOP/c1-6-16-32(17-7-1)30-37(31-33-18-8-2-9-19-33)26-27-38-28-29-39(34-20-10-3-11-21-34,35-22-12-4-13-23-35)36-24-14-5-15-25-36/h1-25H,26-31H2/q+1. The van der Waals surface area contributed by atoms with Gasteiger partial charge in [0.1, 0.15) is 23.2 Å². The number of hydrogen-bond donors (Lipinski definition) is 0. The molecule has 5 rings (SSSR count). The van der Waals surface area contributed by atoms with Crippen molar-refractivity contribution in [3.63, 3.8) is 0 Å². The van der Waals surface area contributed by atoms with Crippen molar-refractivity contribution >= 4 is 23.2 Å². The Morgan fingerprint density at radius 3 is 1.18 bits per heavy atom. The van der Waals surface area contributed by atoms with Gasteiger partial charge in [-0.3, -0.25) is 4.90 Å². The largest absolute Gasteiger partial charge is 0.376 e. The number of nitrogens with zero attached hydrogens (tertiary/aromatic N) is 1. The Bertz CT molecular complexity index is 1220. The summed E-state index contributed by atoms with van der Waals surface area (Å²) in [4.78, 5) is 2.48. The summed E-state index contributed by atoms with van der Waals surface area (Å²) in [5.41, 5.74) is 2.66. The molecule has 0 bridgehead atoms. The van der Waals surface area contributed by atoms with E-state index < -0.39 is 7.26 Å². The van der Waals surface area contributed by atoms with Crippen LogP contribution in [0.25, 0.3) is 0 Å². The predicted molar refractivity (Wildman–Crippen MR) is 168 cm³/mol. The second-order valence-electron chi connectivity index (χ2n) is 9.83. The SMILES string of the molecule is c1ccc(CN(CCOCC[P+](c2ccccc2)(c2ccccc2)c2ccccc2)Cc2ccccc2)cc1. The average Bonchev–Trinajstić information content (AvgIpc) is 3.01. The summed E-state index contributed by atoms with van der Waals surface area (Å²) in [5.74, 6) is 0. The van der Waals surface area contributed by atoms with Crippen LogP contribution < -0.4 is 15.9 Å². The van der Waals surface area contributed by atoms with Gasteiger partial charge in [-0.05, 0) is 47.5 Å². The van der Waals surface area contributed by atoms with Crippen LogP contribution in [0.4, 0.5) is 0 Å². The molecule has 0 unspecified atom stereocenters. The summed E-state index contributed by atoms with van der Waals surface area (Å²) in [6, 6.07) is 54.6. The Balaban J connectivity index is 1.31. The fourth-order valence-corrected chi connectivity index (χ4v) is 9.39. The van der Waals surface area contributed by atoms with Gasteiger partial charge < -0.3 is 4.74 Å². The predicted octanol–water partition coefficient (Wildman–Crippen LogP) is 6.70. The zero-order valence-corrected chi connectivity index (χ0v) is 23.4. The van der Waals surface area contributed by atoms with Crippen LogP contribution in [0.5, 0.6) is 0 Å². The molecule has 5 aromatic rings. The normalized spacial score (nSPS) is 11.5. The Morgan fingerprint density at radius 2 is 0.795 bits per heavy atom. The summed E-state index contributed by atoms with van der Waals surface area (Å²) < 4.78 is 6.45. The molecule has 196 valence electrons. The molecule has 3 heteroatoms. The minimum absolute atomic E-state index is 0.706. The topological polar surface area (TPSA) is 12.5 Å². The first-order valence-corrected chi connectivity index (χ1v) is 15.7. The molecule has 39 heavy (non-hydrogen) atoms. The molecule has 2 nitrogen and oxygen atoms in total. The van der Waals surface area contributed by atoms with Crippen LogP contribution in [0.15, 0.2) is 152 Å². The lowest BCUT2D eigenvalue weighted by Gasteiger charge is -2.28. The molecule has 0 aliphatic rings. The molecule has 0 N–H and O–H groups in total. The molecule has 0 saturated carbocycles. The van der Waals surface area contributed by atoms with Crippen LogP contribution in [0.2, 0.25) is 0 Å². The lowest BCUT2D eigenvalue weighted by molar-refractivity contribution is 0.109. The summed E-state index contributed by atoms with van der Waals surface area (Å²) in [6.07, 6.45) is 0.975. The fraction of sp³-hybridized carbons (Fsp3) is 0.167. The molecule has 0 aromatic heterocycles. The average molecular weight is 531 g/mol. The van der Waals surface area contributed by atoms with Crippen molar-refractivity contribution in [3.05, 3.63) is 163 Å². The maximum absolute atomic E-state index is 6.45. The molecule has 0 heterocycles. The second-order valence-corrected chi connectivity index (χ2v) is 13.5. The molecule has 0 spiro atoms. The van der Waals surface area contributed by atoms with Gasteiger partial charge in [-0.25, -0.2) is 0 Å². The van der Waals surface area contributed by atoms with Gasteiger partial charge in [-0.1, -0.05) is 115 Å². The first-order valence-electron chi connectivity index (χ1n) is 13.8. The van der Waals surface area contributed by atoms with Gasteiger partial charge in [0, 0.05) is 19.6 Å². The maximum Gasteiger partial charge on any atom is 0.114 e. The number of rotatable bonds is 13. The Labute approximate surface area is 234 Å². The smallest absolute Gasteiger partial charge is 0.114 e. The molecule has 0 aliphatic heterocycles. The van der Waals surface area contributed by atoms with Crippen molar-refractivity contribution in [1.29, 1.82) is 0 Å². The van der Waals surface area contributed by atoms with Crippen LogP contribution in [0.3, 0.4) is 0 Å². The molecule has 5 aromatic carbocycles. The highest BCUT2D eigenvalue weighted by Gasteiger charge is 2.44. The van der Waals surface area contributed by atoms with Crippen molar-refractivity contribution in [2.45, 2.75) is 13.1 Å². The summed E-state index contributed by atoms with van der Waals surface area (Å²) in [7, 11) is -1.87. The minimum atomic E-state index is -1.87. The van der Waals surface area contributed by atoms with Gasteiger partial charge >= 0.3 is 0 Å². The second kappa shape index (κ2) is 14.0. The van der Waals surface area contributed by atoms with E-state index >= 15 is 0 Å². The van der Waals surface area contributed by atoms with Crippen LogP contribution in [0, 0.1) is 0 Å². The van der Waals surface area contributed by atoms with Crippen LogP contribution in [0.1, 0.15) is 11.1 Å². The lowest BCUT2D eigenvalue weighted by atomic mass is 10.1. The maximum atomic E-state index is 6.45. The number of hydrogen-bond acceptors (Lipinski definition) is 2. The third-order valence-electron chi connectivity index (χ3n) is 7.21. The van der Waals surface area contributed by atoms with Crippen molar-refractivity contribution in [2.24, 2.45) is 0 Å². The Kier molecular flexibility index (Phi) is 9.71. The van der Waals surface area contributed by atoms with E-state index in [0.717, 1.165) is 32.4 Å². The van der Waals surface area contributed by atoms with E-state index in [1.807, 2.05) is 0 Å². The van der Waals surface area contributed by atoms with E-state index in [9.17, 15) is 0 Å². The Morgan fingerprint density at radius 1 is 0.436 bits per heavy atom. The Hall–Kier alpha value is -3.55. The number of benzene rings is 5. The molecule has 0 saturated heterocycles.